The second-order valence-corrected chi connectivity index (χ2v) is 6.03. The Balaban J connectivity index is 1.69. The second kappa shape index (κ2) is 6.53. The van der Waals surface area contributed by atoms with Crippen LogP contribution in [0, 0.1) is 5.92 Å². The van der Waals surface area contributed by atoms with Gasteiger partial charge in [0.1, 0.15) is 0 Å². The van der Waals surface area contributed by atoms with Gasteiger partial charge in [-0.15, -0.1) is 0 Å². The van der Waals surface area contributed by atoms with Crippen molar-refractivity contribution in [2.75, 3.05) is 19.6 Å². The van der Waals surface area contributed by atoms with E-state index in [1.807, 2.05) is 0 Å². The third kappa shape index (κ3) is 3.95. The molecule has 1 unspecified atom stereocenters. The predicted molar refractivity (Wildman–Crippen MR) is 73.2 cm³/mol. The second-order valence-electron chi connectivity index (χ2n) is 6.03. The molecule has 2 rings (SSSR count). The molecule has 1 atom stereocenters. The van der Waals surface area contributed by atoms with Gasteiger partial charge in [-0.1, -0.05) is 0 Å². The Labute approximate surface area is 110 Å². The van der Waals surface area contributed by atoms with Crippen molar-refractivity contribution in [2.24, 2.45) is 11.7 Å². The first-order valence-corrected chi connectivity index (χ1v) is 7.43. The van der Waals surface area contributed by atoms with Gasteiger partial charge in [0, 0.05) is 24.5 Å². The molecule has 1 aliphatic carbocycles. The van der Waals surface area contributed by atoms with Crippen LogP contribution in [0.2, 0.25) is 0 Å². The Bertz CT molecular complexity index is 268. The molecular weight excluding hydrogens is 226 g/mol. The molecular formula is C14H27N3O. The minimum atomic E-state index is 0.200. The molecule has 2 fully saturated rings. The zero-order valence-corrected chi connectivity index (χ0v) is 11.5. The highest BCUT2D eigenvalue weighted by atomic mass is 16.1. The van der Waals surface area contributed by atoms with Crippen LogP contribution in [0.3, 0.4) is 0 Å². The molecule has 4 heteroatoms. The highest BCUT2D eigenvalue weighted by Gasteiger charge is 2.25. The molecule has 0 aromatic carbocycles. The normalized spacial score (nSPS) is 31.2. The fourth-order valence-electron chi connectivity index (χ4n) is 3.14. The van der Waals surface area contributed by atoms with Crippen LogP contribution in [0.25, 0.3) is 0 Å². The minimum Gasteiger partial charge on any atom is -0.352 e. The molecule has 0 aromatic rings. The van der Waals surface area contributed by atoms with E-state index in [1.165, 1.54) is 25.9 Å². The van der Waals surface area contributed by atoms with E-state index < -0.39 is 0 Å². The van der Waals surface area contributed by atoms with Crippen molar-refractivity contribution >= 4 is 5.91 Å². The van der Waals surface area contributed by atoms with E-state index in [4.69, 9.17) is 5.73 Å². The van der Waals surface area contributed by atoms with Gasteiger partial charge < -0.3 is 16.0 Å². The maximum absolute atomic E-state index is 12.1. The molecule has 104 valence electrons. The fraction of sp³-hybridized carbons (Fsp3) is 0.929. The lowest BCUT2D eigenvalue weighted by Gasteiger charge is -2.27. The number of likely N-dealkylation sites (tertiary alicyclic amines) is 1. The Morgan fingerprint density at radius 2 is 1.89 bits per heavy atom. The molecule has 1 amide bonds. The highest BCUT2D eigenvalue weighted by molar-refractivity contribution is 5.79. The molecule has 1 saturated carbocycles. The van der Waals surface area contributed by atoms with Crippen molar-refractivity contribution in [1.29, 1.82) is 0 Å². The van der Waals surface area contributed by atoms with Crippen LogP contribution in [-0.4, -0.2) is 42.5 Å². The molecule has 1 saturated heterocycles. The Morgan fingerprint density at radius 1 is 1.28 bits per heavy atom. The number of nitrogens with one attached hydrogen (secondary N) is 1. The summed E-state index contributed by atoms with van der Waals surface area (Å²) in [6.07, 6.45) is 6.53. The molecule has 2 aliphatic rings. The Kier molecular flexibility index (Phi) is 5.01. The van der Waals surface area contributed by atoms with Gasteiger partial charge in [0.25, 0.3) is 0 Å². The average Bonchev–Trinajstić information content (AvgIpc) is 2.82. The lowest BCUT2D eigenvalue weighted by Crippen LogP contribution is -2.44. The van der Waals surface area contributed by atoms with E-state index in [9.17, 15) is 4.79 Å². The maximum atomic E-state index is 12.1. The molecule has 0 spiro atoms. The summed E-state index contributed by atoms with van der Waals surface area (Å²) in [4.78, 5) is 14.6. The lowest BCUT2D eigenvalue weighted by atomic mass is 9.86. The van der Waals surface area contributed by atoms with Gasteiger partial charge in [-0.25, -0.2) is 0 Å². The SMILES string of the molecule is CC(CN1CCCC1)NC(=O)C1CCC(N)CC1. The Hall–Kier alpha value is -0.610. The Morgan fingerprint density at radius 3 is 2.50 bits per heavy atom. The first kappa shape index (κ1) is 13.8. The van der Waals surface area contributed by atoms with Gasteiger partial charge in [-0.3, -0.25) is 4.79 Å². The van der Waals surface area contributed by atoms with E-state index in [-0.39, 0.29) is 17.9 Å². The molecule has 18 heavy (non-hydrogen) atoms. The van der Waals surface area contributed by atoms with Gasteiger partial charge in [0.2, 0.25) is 5.91 Å². The topological polar surface area (TPSA) is 58.4 Å². The first-order chi connectivity index (χ1) is 8.65. The highest BCUT2D eigenvalue weighted by Crippen LogP contribution is 2.23. The van der Waals surface area contributed by atoms with Crippen molar-refractivity contribution in [3.8, 4) is 0 Å². The van der Waals surface area contributed by atoms with Crippen molar-refractivity contribution in [3.63, 3.8) is 0 Å². The van der Waals surface area contributed by atoms with Crippen LogP contribution in [-0.2, 0) is 4.79 Å². The third-order valence-electron chi connectivity index (χ3n) is 4.26. The minimum absolute atomic E-state index is 0.200. The predicted octanol–water partition coefficient (Wildman–Crippen LogP) is 1.10. The summed E-state index contributed by atoms with van der Waals surface area (Å²) in [7, 11) is 0. The molecule has 4 nitrogen and oxygen atoms in total. The van der Waals surface area contributed by atoms with Gasteiger partial charge in [0.05, 0.1) is 0 Å². The van der Waals surface area contributed by atoms with E-state index >= 15 is 0 Å². The fourth-order valence-corrected chi connectivity index (χ4v) is 3.14. The molecule has 1 heterocycles. The summed E-state index contributed by atoms with van der Waals surface area (Å²) < 4.78 is 0. The third-order valence-corrected chi connectivity index (χ3v) is 4.26. The summed E-state index contributed by atoms with van der Waals surface area (Å²) in [5.74, 6) is 0.444. The number of carbonyl (C=O) groups excluding carboxylic acids is 1. The van der Waals surface area contributed by atoms with Crippen LogP contribution in [0.15, 0.2) is 0 Å². The summed E-state index contributed by atoms with van der Waals surface area (Å²) in [5, 5.41) is 3.17. The smallest absolute Gasteiger partial charge is 0.223 e. The van der Waals surface area contributed by atoms with Crippen LogP contribution in [0.5, 0.6) is 0 Å². The van der Waals surface area contributed by atoms with Crippen LogP contribution >= 0.6 is 0 Å². The molecule has 0 aromatic heterocycles. The number of hydrogen-bond donors (Lipinski definition) is 2. The molecule has 3 N–H and O–H groups in total. The van der Waals surface area contributed by atoms with Crippen molar-refractivity contribution in [2.45, 2.75) is 57.5 Å². The lowest BCUT2D eigenvalue weighted by molar-refractivity contribution is -0.126. The molecule has 1 aliphatic heterocycles. The monoisotopic (exact) mass is 253 g/mol. The number of amides is 1. The average molecular weight is 253 g/mol. The standard InChI is InChI=1S/C14H27N3O/c1-11(10-17-8-2-3-9-17)16-14(18)12-4-6-13(15)7-5-12/h11-13H,2-10,15H2,1H3,(H,16,18). The number of carbonyl (C=O) groups is 1. The number of rotatable bonds is 4. The largest absolute Gasteiger partial charge is 0.352 e. The van der Waals surface area contributed by atoms with Crippen LogP contribution < -0.4 is 11.1 Å². The number of nitrogens with zero attached hydrogens (tertiary/aromatic N) is 1. The summed E-state index contributed by atoms with van der Waals surface area (Å²) >= 11 is 0. The van der Waals surface area contributed by atoms with E-state index in [0.29, 0.717) is 6.04 Å². The number of nitrogens with two attached hydrogens (primary N) is 1. The van der Waals surface area contributed by atoms with Gasteiger partial charge in [0.15, 0.2) is 0 Å². The van der Waals surface area contributed by atoms with Crippen molar-refractivity contribution in [3.05, 3.63) is 0 Å². The summed E-state index contributed by atoms with van der Waals surface area (Å²) in [6.45, 7) is 5.50. The van der Waals surface area contributed by atoms with Gasteiger partial charge >= 0.3 is 0 Å². The quantitative estimate of drug-likeness (QED) is 0.789. The van der Waals surface area contributed by atoms with Gasteiger partial charge in [-0.05, 0) is 58.5 Å². The van der Waals surface area contributed by atoms with Crippen LogP contribution in [0.4, 0.5) is 0 Å². The van der Waals surface area contributed by atoms with E-state index in [0.717, 1.165) is 32.2 Å². The maximum Gasteiger partial charge on any atom is 0.223 e. The zero-order valence-electron chi connectivity index (χ0n) is 11.5. The molecule has 0 radical (unpaired) electrons. The summed E-state index contributed by atoms with van der Waals surface area (Å²) in [6, 6.07) is 0.585. The van der Waals surface area contributed by atoms with Crippen molar-refractivity contribution in [1.82, 2.24) is 10.2 Å². The van der Waals surface area contributed by atoms with Gasteiger partial charge in [-0.2, -0.15) is 0 Å². The van der Waals surface area contributed by atoms with Crippen LogP contribution in [0.1, 0.15) is 45.4 Å². The summed E-state index contributed by atoms with van der Waals surface area (Å²) in [5.41, 5.74) is 5.87. The zero-order chi connectivity index (χ0) is 13.0. The van der Waals surface area contributed by atoms with E-state index in [2.05, 4.69) is 17.1 Å². The number of hydrogen-bond acceptors (Lipinski definition) is 3. The van der Waals surface area contributed by atoms with E-state index in [1.54, 1.807) is 0 Å². The molecule has 0 bridgehead atoms. The first-order valence-electron chi connectivity index (χ1n) is 7.43. The van der Waals surface area contributed by atoms with Crippen molar-refractivity contribution < 1.29 is 4.79 Å².